The molecule has 0 bridgehead atoms. The number of aromatic carboxylic acids is 1. The molecule has 0 aromatic carbocycles. The normalized spacial score (nSPS) is 14.1. The summed E-state index contributed by atoms with van der Waals surface area (Å²) in [6.45, 7) is 1.83. The highest BCUT2D eigenvalue weighted by Gasteiger charge is 2.23. The number of aromatic nitrogens is 2. The molecular weight excluding hydrogens is 292 g/mol. The van der Waals surface area contributed by atoms with Gasteiger partial charge in [0, 0.05) is 6.04 Å². The molecule has 8 heteroatoms. The average molecular weight is 306 g/mol. The first-order chi connectivity index (χ1) is 10.1. The highest BCUT2D eigenvalue weighted by atomic mass is 32.1. The van der Waals surface area contributed by atoms with E-state index in [9.17, 15) is 9.59 Å². The predicted molar refractivity (Wildman–Crippen MR) is 78.8 cm³/mol. The van der Waals surface area contributed by atoms with Gasteiger partial charge in [-0.15, -0.1) is 11.3 Å². The van der Waals surface area contributed by atoms with Gasteiger partial charge in [-0.3, -0.25) is 4.79 Å². The Labute approximate surface area is 124 Å². The van der Waals surface area contributed by atoms with Gasteiger partial charge in [0.15, 0.2) is 0 Å². The third-order valence-electron chi connectivity index (χ3n) is 3.28. The van der Waals surface area contributed by atoms with Crippen molar-refractivity contribution < 1.29 is 14.7 Å². The van der Waals surface area contributed by atoms with Gasteiger partial charge in [0.05, 0.1) is 11.9 Å². The van der Waals surface area contributed by atoms with Gasteiger partial charge in [0.25, 0.3) is 0 Å². The molecule has 21 heavy (non-hydrogen) atoms. The number of nitrogens with zero attached hydrogens (tertiary/aromatic N) is 2. The van der Waals surface area contributed by atoms with Crippen molar-refractivity contribution in [3.63, 3.8) is 0 Å². The van der Waals surface area contributed by atoms with Crippen LogP contribution in [0, 0.1) is 6.92 Å². The Balaban J connectivity index is 1.84. The number of hydrogen-bond acceptors (Lipinski definition) is 6. The van der Waals surface area contributed by atoms with Gasteiger partial charge in [-0.2, -0.15) is 0 Å². The third kappa shape index (κ3) is 2.80. The molecule has 2 aromatic rings. The summed E-state index contributed by atoms with van der Waals surface area (Å²) in [5.74, 6) is -0.573. The van der Waals surface area contributed by atoms with Crippen LogP contribution in [0.3, 0.4) is 0 Å². The second-order valence-corrected chi connectivity index (χ2v) is 5.96. The molecule has 0 radical (unpaired) electrons. The van der Waals surface area contributed by atoms with Crippen molar-refractivity contribution in [3.05, 3.63) is 16.8 Å². The van der Waals surface area contributed by atoms with E-state index in [4.69, 9.17) is 5.11 Å². The number of amides is 1. The number of carbonyl (C=O) groups excluding carboxylic acids is 1. The van der Waals surface area contributed by atoms with Crippen molar-refractivity contribution in [2.24, 2.45) is 0 Å². The van der Waals surface area contributed by atoms with Crippen LogP contribution in [0.15, 0.2) is 6.33 Å². The Morgan fingerprint density at radius 1 is 1.43 bits per heavy atom. The highest BCUT2D eigenvalue weighted by Crippen LogP contribution is 2.33. The number of aryl methyl sites for hydroxylation is 1. The number of carboxylic acid groups (broad SMARTS) is 1. The van der Waals surface area contributed by atoms with E-state index < -0.39 is 5.97 Å². The molecule has 2 aromatic heterocycles. The summed E-state index contributed by atoms with van der Waals surface area (Å²) in [5, 5.41) is 15.7. The zero-order chi connectivity index (χ0) is 15.0. The lowest BCUT2D eigenvalue weighted by molar-refractivity contribution is -0.119. The van der Waals surface area contributed by atoms with Gasteiger partial charge in [0.2, 0.25) is 5.91 Å². The molecule has 1 amide bonds. The van der Waals surface area contributed by atoms with Gasteiger partial charge in [-0.25, -0.2) is 14.8 Å². The molecule has 1 saturated carbocycles. The van der Waals surface area contributed by atoms with Gasteiger partial charge in [-0.1, -0.05) is 0 Å². The maximum atomic E-state index is 11.7. The van der Waals surface area contributed by atoms with E-state index in [-0.39, 0.29) is 17.3 Å². The minimum Gasteiger partial charge on any atom is -0.477 e. The highest BCUT2D eigenvalue weighted by molar-refractivity contribution is 7.20. The first-order valence-corrected chi connectivity index (χ1v) is 7.38. The molecule has 0 atom stereocenters. The van der Waals surface area contributed by atoms with Crippen molar-refractivity contribution in [3.8, 4) is 0 Å². The molecule has 3 rings (SSSR count). The van der Waals surface area contributed by atoms with Gasteiger partial charge in [0.1, 0.15) is 21.9 Å². The van der Waals surface area contributed by atoms with Crippen molar-refractivity contribution in [2.45, 2.75) is 25.8 Å². The Morgan fingerprint density at radius 3 is 2.86 bits per heavy atom. The van der Waals surface area contributed by atoms with Gasteiger partial charge >= 0.3 is 5.97 Å². The van der Waals surface area contributed by atoms with Crippen LogP contribution in [-0.4, -0.2) is 39.5 Å². The van der Waals surface area contributed by atoms with Crippen LogP contribution >= 0.6 is 11.3 Å². The van der Waals surface area contributed by atoms with Gasteiger partial charge < -0.3 is 15.7 Å². The minimum absolute atomic E-state index is 0.0874. The smallest absolute Gasteiger partial charge is 0.346 e. The number of fused-ring (bicyclic) bond motifs is 1. The number of rotatable bonds is 5. The van der Waals surface area contributed by atoms with E-state index in [2.05, 4.69) is 20.6 Å². The molecule has 0 aliphatic heterocycles. The molecule has 2 heterocycles. The lowest BCUT2D eigenvalue weighted by Gasteiger charge is -2.07. The molecule has 1 aliphatic carbocycles. The molecule has 7 nitrogen and oxygen atoms in total. The summed E-state index contributed by atoms with van der Waals surface area (Å²) in [7, 11) is 0. The first kappa shape index (κ1) is 13.7. The molecule has 1 aliphatic rings. The predicted octanol–water partition coefficient (Wildman–Crippen LogP) is 1.39. The van der Waals surface area contributed by atoms with Crippen LogP contribution in [0.5, 0.6) is 0 Å². The largest absolute Gasteiger partial charge is 0.477 e. The third-order valence-corrected chi connectivity index (χ3v) is 4.47. The van der Waals surface area contributed by atoms with Crippen LogP contribution < -0.4 is 10.6 Å². The van der Waals surface area contributed by atoms with Crippen LogP contribution in [0.4, 0.5) is 5.82 Å². The van der Waals surface area contributed by atoms with E-state index in [1.165, 1.54) is 6.33 Å². The Morgan fingerprint density at radius 2 is 2.19 bits per heavy atom. The number of thiophene rings is 1. The number of carbonyl (C=O) groups is 2. The number of nitrogens with one attached hydrogen (secondary N) is 2. The fourth-order valence-corrected chi connectivity index (χ4v) is 3.07. The van der Waals surface area contributed by atoms with Crippen molar-refractivity contribution in [1.29, 1.82) is 0 Å². The SMILES string of the molecule is Cc1c(C(=O)O)sc2ncnc(NCC(=O)NC3CC3)c12. The lowest BCUT2D eigenvalue weighted by atomic mass is 10.2. The summed E-state index contributed by atoms with van der Waals surface area (Å²) in [5.41, 5.74) is 0.619. The summed E-state index contributed by atoms with van der Waals surface area (Å²) in [4.78, 5) is 31.9. The van der Waals surface area contributed by atoms with Crippen molar-refractivity contribution >= 4 is 39.2 Å². The Hall–Kier alpha value is -2.22. The quantitative estimate of drug-likeness (QED) is 0.771. The molecule has 3 N–H and O–H groups in total. The van der Waals surface area contributed by atoms with E-state index in [1.807, 2.05) is 0 Å². The second kappa shape index (κ2) is 5.28. The standard InChI is InChI=1S/C13H14N4O3S/c1-6-9-11(14-4-8(18)17-7-2-3-7)15-5-16-12(9)21-10(6)13(19)20/h5,7H,2-4H2,1H3,(H,17,18)(H,19,20)(H,14,15,16). The second-order valence-electron chi connectivity index (χ2n) is 4.96. The average Bonchev–Trinajstić information content (AvgIpc) is 3.18. The summed E-state index contributed by atoms with van der Waals surface area (Å²) >= 11 is 1.11. The van der Waals surface area contributed by atoms with Crippen LogP contribution in [0.2, 0.25) is 0 Å². The summed E-state index contributed by atoms with van der Waals surface area (Å²) in [6, 6.07) is 0.311. The lowest BCUT2D eigenvalue weighted by Crippen LogP contribution is -2.31. The monoisotopic (exact) mass is 306 g/mol. The fraction of sp³-hybridized carbons (Fsp3) is 0.385. The Kier molecular flexibility index (Phi) is 3.46. The molecule has 0 unspecified atom stereocenters. The maximum Gasteiger partial charge on any atom is 0.346 e. The zero-order valence-corrected chi connectivity index (χ0v) is 12.2. The van der Waals surface area contributed by atoms with E-state index >= 15 is 0 Å². The number of carboxylic acids is 1. The fourth-order valence-electron chi connectivity index (χ4n) is 2.08. The number of anilines is 1. The first-order valence-electron chi connectivity index (χ1n) is 6.57. The van der Waals surface area contributed by atoms with E-state index in [1.54, 1.807) is 6.92 Å². The maximum absolute atomic E-state index is 11.7. The molecule has 0 spiro atoms. The summed E-state index contributed by atoms with van der Waals surface area (Å²) < 4.78 is 0. The van der Waals surface area contributed by atoms with Crippen LogP contribution in [0.25, 0.3) is 10.2 Å². The molecular formula is C13H14N4O3S. The van der Waals surface area contributed by atoms with Gasteiger partial charge in [-0.05, 0) is 25.3 Å². The Bertz CT molecular complexity index is 724. The van der Waals surface area contributed by atoms with Crippen molar-refractivity contribution in [1.82, 2.24) is 15.3 Å². The van der Waals surface area contributed by atoms with E-state index in [0.717, 1.165) is 24.2 Å². The number of hydrogen-bond donors (Lipinski definition) is 3. The van der Waals surface area contributed by atoms with Crippen LogP contribution in [-0.2, 0) is 4.79 Å². The van der Waals surface area contributed by atoms with Crippen LogP contribution in [0.1, 0.15) is 28.1 Å². The molecule has 110 valence electrons. The summed E-state index contributed by atoms with van der Waals surface area (Å²) in [6.07, 6.45) is 3.44. The minimum atomic E-state index is -0.979. The zero-order valence-electron chi connectivity index (χ0n) is 11.3. The molecule has 1 fully saturated rings. The van der Waals surface area contributed by atoms with Crippen molar-refractivity contribution in [2.75, 3.05) is 11.9 Å². The molecule has 0 saturated heterocycles. The topological polar surface area (TPSA) is 104 Å². The van der Waals surface area contributed by atoms with E-state index in [0.29, 0.717) is 27.6 Å².